The second kappa shape index (κ2) is 13.7. The van der Waals surface area contributed by atoms with Gasteiger partial charge in [-0.25, -0.2) is 0 Å². The standard InChI is InChI=1S/C52H44GeSi/c1-37-30-38(2)33-45(32-37)54(46-34-39(3)31-40(4)35-46)51-27-17-16-26-49(51)47-24-14-15-25-48(47)50-36-44(28-29-52(50)54)53(41-18-8-5-9-19-41,42-20-10-6-11-21-42)43-22-12-7-13-23-43/h5-36H,1-4H3. The average molecular weight is 770 g/mol. The molecule has 1 heterocycles. The Labute approximate surface area is 324 Å². The topological polar surface area (TPSA) is 0 Å². The fourth-order valence-electron chi connectivity index (χ4n) is 9.71. The molecule has 0 unspecified atom stereocenters. The van der Waals surface area contributed by atoms with Gasteiger partial charge in [0.05, 0.1) is 0 Å². The molecule has 0 nitrogen and oxygen atoms in total. The number of benzene rings is 8. The zero-order valence-electron chi connectivity index (χ0n) is 31.5. The van der Waals surface area contributed by atoms with Crippen LogP contribution in [-0.2, 0) is 0 Å². The van der Waals surface area contributed by atoms with E-state index in [-0.39, 0.29) is 0 Å². The predicted molar refractivity (Wildman–Crippen MR) is 237 cm³/mol. The molecule has 0 fully saturated rings. The van der Waals surface area contributed by atoms with Gasteiger partial charge in [-0.15, -0.1) is 0 Å². The van der Waals surface area contributed by atoms with Crippen molar-refractivity contribution in [2.45, 2.75) is 27.7 Å². The zero-order chi connectivity index (χ0) is 36.9. The first-order valence-electron chi connectivity index (χ1n) is 19.1. The van der Waals surface area contributed by atoms with Crippen LogP contribution in [0.4, 0.5) is 0 Å². The van der Waals surface area contributed by atoms with Crippen LogP contribution in [0.15, 0.2) is 194 Å². The Morgan fingerprint density at radius 2 is 0.667 bits per heavy atom. The quantitative estimate of drug-likeness (QED) is 0.156. The molecular weight excluding hydrogens is 725 g/mol. The number of hydrogen-bond acceptors (Lipinski definition) is 0. The summed E-state index contributed by atoms with van der Waals surface area (Å²) >= 11 is -3.59. The number of fused-ring (bicyclic) bond motifs is 5. The summed E-state index contributed by atoms with van der Waals surface area (Å²) in [7, 11) is -2.95. The third kappa shape index (κ3) is 5.41. The third-order valence-electron chi connectivity index (χ3n) is 11.6. The van der Waals surface area contributed by atoms with Crippen molar-refractivity contribution in [3.8, 4) is 22.3 Å². The third-order valence-corrected chi connectivity index (χ3v) is 26.4. The maximum absolute atomic E-state index is 3.59. The predicted octanol–water partition coefficient (Wildman–Crippen LogP) is 7.32. The van der Waals surface area contributed by atoms with Crippen molar-refractivity contribution in [2.24, 2.45) is 0 Å². The van der Waals surface area contributed by atoms with Crippen LogP contribution in [0.5, 0.6) is 0 Å². The molecule has 1 aliphatic rings. The minimum absolute atomic E-state index is 1.31. The van der Waals surface area contributed by atoms with Crippen LogP contribution in [0.2, 0.25) is 0 Å². The monoisotopic (exact) mass is 770 g/mol. The second-order valence-electron chi connectivity index (χ2n) is 15.2. The van der Waals surface area contributed by atoms with E-state index in [2.05, 4.69) is 222 Å². The van der Waals surface area contributed by atoms with Crippen molar-refractivity contribution < 1.29 is 0 Å². The Balaban J connectivity index is 1.49. The minimum atomic E-state index is -3.59. The Bertz CT molecular complexity index is 2450. The van der Waals surface area contributed by atoms with E-state index >= 15 is 0 Å². The Hall–Kier alpha value is -5.48. The van der Waals surface area contributed by atoms with Crippen molar-refractivity contribution in [3.63, 3.8) is 0 Å². The molecule has 0 radical (unpaired) electrons. The molecule has 0 saturated carbocycles. The molecule has 0 N–H and O–H groups in total. The Morgan fingerprint density at radius 3 is 1.13 bits per heavy atom. The molecule has 8 aromatic rings. The maximum atomic E-state index is 2.65. The number of rotatable bonds is 6. The van der Waals surface area contributed by atoms with Gasteiger partial charge in [-0.2, -0.15) is 0 Å². The van der Waals surface area contributed by atoms with Gasteiger partial charge in [0.1, 0.15) is 0 Å². The summed E-state index contributed by atoms with van der Waals surface area (Å²) in [5, 5.41) is 5.81. The molecule has 0 atom stereocenters. The number of aryl methyl sites for hydroxylation is 4. The molecule has 0 aliphatic carbocycles. The Kier molecular flexibility index (Phi) is 8.73. The second-order valence-corrected chi connectivity index (χ2v) is 26.9. The van der Waals surface area contributed by atoms with Crippen LogP contribution in [0, 0.1) is 27.7 Å². The Morgan fingerprint density at radius 1 is 0.296 bits per heavy atom. The van der Waals surface area contributed by atoms with Gasteiger partial charge in [0, 0.05) is 0 Å². The SMILES string of the molecule is Cc1cc(C)cc([Si]2(c3cc(C)cc(C)c3)c3ccccc3-c3ccccc3-c3c[c]([Ge]([c]4ccccc4)([c]4ccccc4)[c]4ccccc4)ccc32)c1. The van der Waals surface area contributed by atoms with Crippen molar-refractivity contribution >= 4 is 59.7 Å². The summed E-state index contributed by atoms with van der Waals surface area (Å²) in [6.45, 7) is 9.07. The van der Waals surface area contributed by atoms with Crippen LogP contribution in [-0.4, -0.2) is 21.3 Å². The first kappa shape index (κ1) is 34.3. The van der Waals surface area contributed by atoms with E-state index in [0.717, 1.165) is 0 Å². The number of hydrogen-bond donors (Lipinski definition) is 0. The van der Waals surface area contributed by atoms with Gasteiger partial charge in [0.2, 0.25) is 0 Å². The zero-order valence-corrected chi connectivity index (χ0v) is 34.6. The molecule has 1 aliphatic heterocycles. The van der Waals surface area contributed by atoms with Gasteiger partial charge in [0.25, 0.3) is 0 Å². The van der Waals surface area contributed by atoms with E-state index in [1.807, 2.05) is 0 Å². The fraction of sp³-hybridized carbons (Fsp3) is 0.0769. The molecule has 9 rings (SSSR count). The fourth-order valence-corrected chi connectivity index (χ4v) is 25.3. The van der Waals surface area contributed by atoms with Crippen LogP contribution in [0.3, 0.4) is 0 Å². The molecule has 2 heteroatoms. The van der Waals surface area contributed by atoms with E-state index in [0.29, 0.717) is 0 Å². The van der Waals surface area contributed by atoms with Gasteiger partial charge in [-0.3, -0.25) is 0 Å². The van der Waals surface area contributed by atoms with Crippen molar-refractivity contribution in [1.82, 2.24) is 0 Å². The van der Waals surface area contributed by atoms with Crippen molar-refractivity contribution in [1.29, 1.82) is 0 Å². The average Bonchev–Trinajstić information content (AvgIpc) is 3.30. The summed E-state index contributed by atoms with van der Waals surface area (Å²) in [6.07, 6.45) is 0. The van der Waals surface area contributed by atoms with Crippen LogP contribution < -0.4 is 38.3 Å². The molecule has 260 valence electrons. The molecule has 54 heavy (non-hydrogen) atoms. The first-order valence-corrected chi connectivity index (χ1v) is 25.3. The summed E-state index contributed by atoms with van der Waals surface area (Å²) in [6, 6.07) is 75.2. The van der Waals surface area contributed by atoms with Crippen LogP contribution in [0.1, 0.15) is 22.3 Å². The van der Waals surface area contributed by atoms with Gasteiger partial charge >= 0.3 is 326 Å². The van der Waals surface area contributed by atoms with Gasteiger partial charge < -0.3 is 0 Å². The van der Waals surface area contributed by atoms with Gasteiger partial charge in [-0.1, -0.05) is 0 Å². The molecular formula is C52H44GeSi. The summed E-state index contributed by atoms with van der Waals surface area (Å²) in [5.74, 6) is 0. The van der Waals surface area contributed by atoms with E-state index in [1.165, 1.54) is 82.8 Å². The summed E-state index contributed by atoms with van der Waals surface area (Å²) < 4.78 is 5.76. The summed E-state index contributed by atoms with van der Waals surface area (Å²) in [5.41, 5.74) is 10.6. The molecule has 0 spiro atoms. The van der Waals surface area contributed by atoms with E-state index in [9.17, 15) is 0 Å². The van der Waals surface area contributed by atoms with Crippen molar-refractivity contribution in [2.75, 3.05) is 0 Å². The molecule has 0 aromatic heterocycles. The van der Waals surface area contributed by atoms with E-state index < -0.39 is 21.3 Å². The van der Waals surface area contributed by atoms with Crippen molar-refractivity contribution in [3.05, 3.63) is 216 Å². The molecule has 8 aromatic carbocycles. The normalized spacial score (nSPS) is 13.0. The molecule has 0 saturated heterocycles. The molecule has 0 amide bonds. The first-order chi connectivity index (χ1) is 26.4. The summed E-state index contributed by atoms with van der Waals surface area (Å²) in [4.78, 5) is 0. The van der Waals surface area contributed by atoms with Crippen LogP contribution in [0.25, 0.3) is 22.3 Å². The van der Waals surface area contributed by atoms with Crippen LogP contribution >= 0.6 is 0 Å². The van der Waals surface area contributed by atoms with Gasteiger partial charge in [-0.05, 0) is 0 Å². The molecule has 0 bridgehead atoms. The van der Waals surface area contributed by atoms with E-state index in [1.54, 1.807) is 0 Å². The van der Waals surface area contributed by atoms with Gasteiger partial charge in [0.15, 0.2) is 0 Å². The van der Waals surface area contributed by atoms with E-state index in [4.69, 9.17) is 0 Å².